The molecule has 0 bridgehead atoms. The van der Waals surface area contributed by atoms with Gasteiger partial charge in [-0.25, -0.2) is 4.98 Å². The van der Waals surface area contributed by atoms with Crippen LogP contribution in [0.15, 0.2) is 42.5 Å². The second kappa shape index (κ2) is 9.51. The highest BCUT2D eigenvalue weighted by Gasteiger charge is 2.19. The number of nitrogens with zero attached hydrogens (tertiary/aromatic N) is 5. The van der Waals surface area contributed by atoms with E-state index in [-0.39, 0.29) is 0 Å². The molecule has 0 spiro atoms. The van der Waals surface area contributed by atoms with Crippen molar-refractivity contribution in [1.29, 1.82) is 0 Å². The van der Waals surface area contributed by atoms with Gasteiger partial charge in [-0.3, -0.25) is 4.90 Å². The van der Waals surface area contributed by atoms with Crippen molar-refractivity contribution >= 4 is 17.8 Å². The quantitative estimate of drug-likeness (QED) is 0.751. The summed E-state index contributed by atoms with van der Waals surface area (Å²) in [6.07, 6.45) is 4.47. The molecule has 3 rings (SSSR count). The molecular weight excluding hydrogens is 334 g/mol. The predicted octanol–water partition coefficient (Wildman–Crippen LogP) is 3.47. The zero-order chi connectivity index (χ0) is 19.1. The van der Waals surface area contributed by atoms with Crippen molar-refractivity contribution in [2.45, 2.75) is 20.8 Å². The maximum absolute atomic E-state index is 4.83. The van der Waals surface area contributed by atoms with Crippen molar-refractivity contribution in [3.63, 3.8) is 0 Å². The SMILES string of the molecule is CCN(CC)c1nc(C)cc(N2CCN(C/C=C/c3ccccc3)CC2)n1. The molecule has 1 saturated heterocycles. The molecule has 0 aliphatic carbocycles. The van der Waals surface area contributed by atoms with Gasteiger partial charge in [0.15, 0.2) is 0 Å². The topological polar surface area (TPSA) is 35.5 Å². The van der Waals surface area contributed by atoms with Crippen LogP contribution in [0.2, 0.25) is 0 Å². The van der Waals surface area contributed by atoms with E-state index in [1.807, 2.05) is 0 Å². The molecule has 0 atom stereocenters. The van der Waals surface area contributed by atoms with Crippen LogP contribution in [0.25, 0.3) is 6.08 Å². The molecule has 0 amide bonds. The Morgan fingerprint density at radius 1 is 1.00 bits per heavy atom. The highest BCUT2D eigenvalue weighted by Crippen LogP contribution is 2.19. The minimum absolute atomic E-state index is 0.850. The summed E-state index contributed by atoms with van der Waals surface area (Å²) < 4.78 is 0. The van der Waals surface area contributed by atoms with Crippen LogP contribution in [0.3, 0.4) is 0 Å². The summed E-state index contributed by atoms with van der Waals surface area (Å²) in [5.41, 5.74) is 2.30. The van der Waals surface area contributed by atoms with Gasteiger partial charge in [0, 0.05) is 57.6 Å². The van der Waals surface area contributed by atoms with Crippen molar-refractivity contribution in [3.05, 3.63) is 53.7 Å². The standard InChI is InChI=1S/C22H31N5/c1-4-26(5-2)22-23-19(3)18-21(24-22)27-16-14-25(15-17-27)13-9-12-20-10-7-6-8-11-20/h6-12,18H,4-5,13-17H2,1-3H3/b12-9+. The maximum Gasteiger partial charge on any atom is 0.227 e. The molecule has 1 aliphatic rings. The van der Waals surface area contributed by atoms with E-state index in [4.69, 9.17) is 4.98 Å². The van der Waals surface area contributed by atoms with Gasteiger partial charge in [0.25, 0.3) is 0 Å². The van der Waals surface area contributed by atoms with E-state index in [0.29, 0.717) is 0 Å². The van der Waals surface area contributed by atoms with Gasteiger partial charge < -0.3 is 9.80 Å². The highest BCUT2D eigenvalue weighted by molar-refractivity contribution is 5.49. The van der Waals surface area contributed by atoms with E-state index in [0.717, 1.165) is 63.3 Å². The van der Waals surface area contributed by atoms with Crippen molar-refractivity contribution in [1.82, 2.24) is 14.9 Å². The number of aryl methyl sites for hydroxylation is 1. The third-order valence-corrected chi connectivity index (χ3v) is 5.04. The molecular formula is C22H31N5. The Balaban J connectivity index is 1.56. The first-order valence-electron chi connectivity index (χ1n) is 9.99. The molecule has 144 valence electrons. The van der Waals surface area contributed by atoms with E-state index in [1.54, 1.807) is 0 Å². The van der Waals surface area contributed by atoms with Crippen LogP contribution in [0.4, 0.5) is 11.8 Å². The van der Waals surface area contributed by atoms with Crippen molar-refractivity contribution in [2.24, 2.45) is 0 Å². The normalized spacial score (nSPS) is 15.4. The van der Waals surface area contributed by atoms with E-state index < -0.39 is 0 Å². The third kappa shape index (κ3) is 5.30. The third-order valence-electron chi connectivity index (χ3n) is 5.04. The Morgan fingerprint density at radius 3 is 2.37 bits per heavy atom. The van der Waals surface area contributed by atoms with E-state index in [1.165, 1.54) is 5.56 Å². The fourth-order valence-corrected chi connectivity index (χ4v) is 3.41. The Labute approximate surface area is 163 Å². The van der Waals surface area contributed by atoms with Gasteiger partial charge in [0.1, 0.15) is 5.82 Å². The first kappa shape index (κ1) is 19.4. The van der Waals surface area contributed by atoms with Gasteiger partial charge in [0.05, 0.1) is 0 Å². The van der Waals surface area contributed by atoms with Gasteiger partial charge in [-0.05, 0) is 26.3 Å². The van der Waals surface area contributed by atoms with Crippen LogP contribution >= 0.6 is 0 Å². The van der Waals surface area contributed by atoms with E-state index in [9.17, 15) is 0 Å². The van der Waals surface area contributed by atoms with Gasteiger partial charge in [0.2, 0.25) is 5.95 Å². The molecule has 2 heterocycles. The lowest BCUT2D eigenvalue weighted by atomic mass is 10.2. The number of rotatable bonds is 7. The van der Waals surface area contributed by atoms with Crippen LogP contribution in [-0.4, -0.2) is 60.7 Å². The number of hydrogen-bond donors (Lipinski definition) is 0. The summed E-state index contributed by atoms with van der Waals surface area (Å²) in [6, 6.07) is 12.6. The van der Waals surface area contributed by atoms with Crippen LogP contribution in [-0.2, 0) is 0 Å². The van der Waals surface area contributed by atoms with Crippen molar-refractivity contribution < 1.29 is 0 Å². The first-order chi connectivity index (χ1) is 13.2. The smallest absolute Gasteiger partial charge is 0.227 e. The molecule has 0 radical (unpaired) electrons. The van der Waals surface area contributed by atoms with Gasteiger partial charge in [-0.15, -0.1) is 0 Å². The second-order valence-corrected chi connectivity index (χ2v) is 6.94. The summed E-state index contributed by atoms with van der Waals surface area (Å²) in [6.45, 7) is 13.3. The van der Waals surface area contributed by atoms with Crippen molar-refractivity contribution in [2.75, 3.05) is 55.6 Å². The fraction of sp³-hybridized carbons (Fsp3) is 0.455. The summed E-state index contributed by atoms with van der Waals surface area (Å²) in [4.78, 5) is 16.6. The summed E-state index contributed by atoms with van der Waals surface area (Å²) >= 11 is 0. The Hall–Kier alpha value is -2.40. The average Bonchev–Trinajstić information content (AvgIpc) is 2.70. The molecule has 1 aliphatic heterocycles. The Morgan fingerprint density at radius 2 is 1.70 bits per heavy atom. The lowest BCUT2D eigenvalue weighted by Crippen LogP contribution is -2.46. The molecule has 0 saturated carbocycles. The number of piperazine rings is 1. The van der Waals surface area contributed by atoms with Crippen LogP contribution in [0.5, 0.6) is 0 Å². The molecule has 5 heteroatoms. The van der Waals surface area contributed by atoms with Crippen LogP contribution in [0, 0.1) is 6.92 Å². The monoisotopic (exact) mass is 365 g/mol. The van der Waals surface area contributed by atoms with E-state index in [2.05, 4.69) is 89.0 Å². The lowest BCUT2D eigenvalue weighted by Gasteiger charge is -2.35. The summed E-state index contributed by atoms with van der Waals surface area (Å²) in [7, 11) is 0. The van der Waals surface area contributed by atoms with Gasteiger partial charge in [-0.1, -0.05) is 42.5 Å². The molecule has 1 fully saturated rings. The number of anilines is 2. The van der Waals surface area contributed by atoms with Crippen LogP contribution < -0.4 is 9.80 Å². The zero-order valence-corrected chi connectivity index (χ0v) is 16.8. The minimum atomic E-state index is 0.850. The highest BCUT2D eigenvalue weighted by atomic mass is 15.3. The van der Waals surface area contributed by atoms with Crippen molar-refractivity contribution in [3.8, 4) is 0 Å². The number of hydrogen-bond acceptors (Lipinski definition) is 5. The number of benzene rings is 1. The fourth-order valence-electron chi connectivity index (χ4n) is 3.41. The molecule has 1 aromatic carbocycles. The molecule has 27 heavy (non-hydrogen) atoms. The van der Waals surface area contributed by atoms with Gasteiger partial charge >= 0.3 is 0 Å². The molecule has 2 aromatic rings. The van der Waals surface area contributed by atoms with Crippen LogP contribution in [0.1, 0.15) is 25.1 Å². The maximum atomic E-state index is 4.83. The average molecular weight is 366 g/mol. The predicted molar refractivity (Wildman–Crippen MR) is 114 cm³/mol. The second-order valence-electron chi connectivity index (χ2n) is 6.94. The lowest BCUT2D eigenvalue weighted by molar-refractivity contribution is 0.283. The van der Waals surface area contributed by atoms with E-state index >= 15 is 0 Å². The molecule has 0 N–H and O–H groups in total. The Bertz CT molecular complexity index is 732. The first-order valence-corrected chi connectivity index (χ1v) is 9.99. The summed E-state index contributed by atoms with van der Waals surface area (Å²) in [5, 5.41) is 0. The van der Waals surface area contributed by atoms with Gasteiger partial charge in [-0.2, -0.15) is 4.98 Å². The minimum Gasteiger partial charge on any atom is -0.354 e. The molecule has 1 aromatic heterocycles. The molecule has 5 nitrogen and oxygen atoms in total. The zero-order valence-electron chi connectivity index (χ0n) is 16.8. The number of aromatic nitrogens is 2. The Kier molecular flexibility index (Phi) is 6.82. The largest absolute Gasteiger partial charge is 0.354 e. The molecule has 0 unspecified atom stereocenters. The summed E-state index contributed by atoms with van der Waals surface area (Å²) in [5.74, 6) is 1.91.